The molecule has 2 aromatic rings. The third kappa shape index (κ3) is 2.36. The van der Waals surface area contributed by atoms with Gasteiger partial charge in [-0.2, -0.15) is 0 Å². The molecule has 90 valence electrons. The van der Waals surface area contributed by atoms with Crippen molar-refractivity contribution in [2.24, 2.45) is 5.84 Å². The maximum absolute atomic E-state index is 13.5. The van der Waals surface area contributed by atoms with Crippen LogP contribution in [0, 0.1) is 19.7 Å². The Hall–Kier alpha value is -1.30. The summed E-state index contributed by atoms with van der Waals surface area (Å²) in [6.07, 6.45) is 0. The molecule has 0 spiro atoms. The van der Waals surface area contributed by atoms with Gasteiger partial charge in [0.2, 0.25) is 0 Å². The predicted octanol–water partition coefficient (Wildman–Crippen LogP) is 2.45. The van der Waals surface area contributed by atoms with E-state index in [1.807, 2.05) is 13.0 Å². The summed E-state index contributed by atoms with van der Waals surface area (Å²) >= 11 is 1.51. The summed E-state index contributed by atoms with van der Waals surface area (Å²) in [5.41, 5.74) is 6.83. The number of hydrazine groups is 1. The summed E-state index contributed by atoms with van der Waals surface area (Å²) in [6.45, 7) is 3.66. The van der Waals surface area contributed by atoms with Gasteiger partial charge in [0.05, 0.1) is 22.1 Å². The lowest BCUT2D eigenvalue weighted by atomic mass is 10.0. The molecule has 1 atom stereocenters. The van der Waals surface area contributed by atoms with Crippen LogP contribution in [-0.2, 0) is 0 Å². The van der Waals surface area contributed by atoms with E-state index in [2.05, 4.69) is 10.4 Å². The van der Waals surface area contributed by atoms with Gasteiger partial charge in [-0.1, -0.05) is 12.1 Å². The molecule has 0 aliphatic carbocycles. The molecule has 0 saturated carbocycles. The number of halogens is 1. The average molecular weight is 251 g/mol. The van der Waals surface area contributed by atoms with Crippen LogP contribution in [0.25, 0.3) is 0 Å². The Balaban J connectivity index is 2.42. The highest BCUT2D eigenvalue weighted by Gasteiger charge is 2.17. The first-order valence-electron chi connectivity index (χ1n) is 5.25. The highest BCUT2D eigenvalue weighted by molar-refractivity contribution is 7.09. The fraction of sp³-hybridized carbons (Fsp3) is 0.250. The van der Waals surface area contributed by atoms with E-state index in [1.54, 1.807) is 18.5 Å². The molecule has 0 saturated heterocycles. The molecule has 0 radical (unpaired) electrons. The summed E-state index contributed by atoms with van der Waals surface area (Å²) < 4.78 is 13.5. The van der Waals surface area contributed by atoms with Crippen LogP contribution >= 0.6 is 11.3 Å². The molecule has 0 fully saturated rings. The predicted molar refractivity (Wildman–Crippen MR) is 67.2 cm³/mol. The van der Waals surface area contributed by atoms with Gasteiger partial charge in [-0.3, -0.25) is 5.84 Å². The summed E-state index contributed by atoms with van der Waals surface area (Å²) in [5.74, 6) is 5.34. The van der Waals surface area contributed by atoms with Gasteiger partial charge in [0, 0.05) is 0 Å². The van der Waals surface area contributed by atoms with Gasteiger partial charge >= 0.3 is 0 Å². The van der Waals surface area contributed by atoms with Gasteiger partial charge in [0.15, 0.2) is 0 Å². The van der Waals surface area contributed by atoms with E-state index in [-0.39, 0.29) is 11.9 Å². The number of nitrogens with zero attached hydrogens (tertiary/aromatic N) is 1. The number of aryl methyl sites for hydroxylation is 2. The Morgan fingerprint density at radius 3 is 2.71 bits per heavy atom. The van der Waals surface area contributed by atoms with Gasteiger partial charge in [-0.05, 0) is 31.0 Å². The summed E-state index contributed by atoms with van der Waals surface area (Å²) in [4.78, 5) is 5.19. The lowest BCUT2D eigenvalue weighted by Gasteiger charge is -2.16. The van der Waals surface area contributed by atoms with E-state index in [9.17, 15) is 4.39 Å². The van der Waals surface area contributed by atoms with Crippen molar-refractivity contribution in [3.8, 4) is 0 Å². The molecule has 1 heterocycles. The lowest BCUT2D eigenvalue weighted by molar-refractivity contribution is 0.600. The first kappa shape index (κ1) is 12.2. The largest absolute Gasteiger partial charge is 0.271 e. The Labute approximate surface area is 103 Å². The van der Waals surface area contributed by atoms with Crippen LogP contribution in [0.4, 0.5) is 4.39 Å². The maximum Gasteiger partial charge on any atom is 0.126 e. The number of hydrogen-bond acceptors (Lipinski definition) is 4. The lowest BCUT2D eigenvalue weighted by Crippen LogP contribution is -2.28. The smallest absolute Gasteiger partial charge is 0.126 e. The highest BCUT2D eigenvalue weighted by Crippen LogP contribution is 2.28. The summed E-state index contributed by atoms with van der Waals surface area (Å²) in [5, 5.41) is 0. The standard InChI is InChI=1S/C12H14FN3S/c1-7-3-4-9(5-10(7)13)11(16-14)12-8(2)15-6-17-12/h3-6,11,16H,14H2,1-2H3. The van der Waals surface area contributed by atoms with Crippen molar-refractivity contribution in [1.29, 1.82) is 0 Å². The molecule has 17 heavy (non-hydrogen) atoms. The van der Waals surface area contributed by atoms with Gasteiger partial charge in [-0.15, -0.1) is 11.3 Å². The maximum atomic E-state index is 13.5. The van der Waals surface area contributed by atoms with Crippen molar-refractivity contribution < 1.29 is 4.39 Å². The molecule has 0 aliphatic rings. The zero-order valence-corrected chi connectivity index (χ0v) is 10.5. The minimum Gasteiger partial charge on any atom is -0.271 e. The van der Waals surface area contributed by atoms with Crippen LogP contribution in [0.3, 0.4) is 0 Å². The third-order valence-corrected chi connectivity index (χ3v) is 3.74. The summed E-state index contributed by atoms with van der Waals surface area (Å²) in [7, 11) is 0. The fourth-order valence-corrected chi connectivity index (χ4v) is 2.59. The SMILES string of the molecule is Cc1ccc(C(NN)c2scnc2C)cc1F. The monoisotopic (exact) mass is 251 g/mol. The van der Waals surface area contributed by atoms with E-state index in [4.69, 9.17) is 5.84 Å². The molecule has 0 amide bonds. The normalized spacial score (nSPS) is 12.7. The van der Waals surface area contributed by atoms with Crippen molar-refractivity contribution in [2.45, 2.75) is 19.9 Å². The number of aromatic nitrogens is 1. The molecule has 1 unspecified atom stereocenters. The topological polar surface area (TPSA) is 50.9 Å². The number of rotatable bonds is 3. The molecule has 1 aromatic heterocycles. The Bertz CT molecular complexity index is 524. The quantitative estimate of drug-likeness (QED) is 0.651. The van der Waals surface area contributed by atoms with Crippen molar-refractivity contribution in [3.05, 3.63) is 51.2 Å². The van der Waals surface area contributed by atoms with Gasteiger partial charge in [-0.25, -0.2) is 14.8 Å². The number of hydrogen-bond donors (Lipinski definition) is 2. The molecular weight excluding hydrogens is 237 g/mol. The Morgan fingerprint density at radius 2 is 2.18 bits per heavy atom. The van der Waals surface area contributed by atoms with Gasteiger partial charge in [0.1, 0.15) is 5.82 Å². The second-order valence-electron chi connectivity index (χ2n) is 3.91. The minimum atomic E-state index is -0.218. The zero-order valence-electron chi connectivity index (χ0n) is 9.70. The van der Waals surface area contributed by atoms with Crippen LogP contribution in [0.1, 0.15) is 27.7 Å². The molecule has 3 nitrogen and oxygen atoms in total. The van der Waals surface area contributed by atoms with Crippen molar-refractivity contribution in [2.75, 3.05) is 0 Å². The molecule has 3 N–H and O–H groups in total. The first-order valence-corrected chi connectivity index (χ1v) is 6.13. The Kier molecular flexibility index (Phi) is 3.51. The van der Waals surface area contributed by atoms with E-state index in [0.717, 1.165) is 16.1 Å². The average Bonchev–Trinajstić information content (AvgIpc) is 2.71. The Morgan fingerprint density at radius 1 is 1.41 bits per heavy atom. The second kappa shape index (κ2) is 4.91. The third-order valence-electron chi connectivity index (χ3n) is 2.74. The molecule has 1 aromatic carbocycles. The van der Waals surface area contributed by atoms with Crippen LogP contribution in [0.15, 0.2) is 23.7 Å². The number of benzene rings is 1. The molecule has 0 aliphatic heterocycles. The van der Waals surface area contributed by atoms with Crippen molar-refractivity contribution in [3.63, 3.8) is 0 Å². The minimum absolute atomic E-state index is 0.211. The molecule has 0 bridgehead atoms. The van der Waals surface area contributed by atoms with Crippen LogP contribution in [0.5, 0.6) is 0 Å². The van der Waals surface area contributed by atoms with E-state index in [1.165, 1.54) is 17.4 Å². The van der Waals surface area contributed by atoms with Crippen LogP contribution in [0.2, 0.25) is 0 Å². The zero-order chi connectivity index (χ0) is 12.4. The second-order valence-corrected chi connectivity index (χ2v) is 4.80. The van der Waals surface area contributed by atoms with Crippen molar-refractivity contribution >= 4 is 11.3 Å². The first-order chi connectivity index (χ1) is 8.13. The van der Waals surface area contributed by atoms with E-state index >= 15 is 0 Å². The molecule has 2 rings (SSSR count). The van der Waals surface area contributed by atoms with E-state index in [0.29, 0.717) is 5.56 Å². The van der Waals surface area contributed by atoms with Gasteiger partial charge in [0.25, 0.3) is 0 Å². The highest BCUT2D eigenvalue weighted by atomic mass is 32.1. The summed E-state index contributed by atoms with van der Waals surface area (Å²) in [6, 6.07) is 4.93. The van der Waals surface area contributed by atoms with E-state index < -0.39 is 0 Å². The molecular formula is C12H14FN3S. The number of nitrogens with two attached hydrogens (primary N) is 1. The number of nitrogens with one attached hydrogen (secondary N) is 1. The molecule has 5 heteroatoms. The van der Waals surface area contributed by atoms with Crippen LogP contribution < -0.4 is 11.3 Å². The van der Waals surface area contributed by atoms with Crippen LogP contribution in [-0.4, -0.2) is 4.98 Å². The van der Waals surface area contributed by atoms with Crippen molar-refractivity contribution in [1.82, 2.24) is 10.4 Å². The number of thiazole rings is 1. The van der Waals surface area contributed by atoms with Gasteiger partial charge < -0.3 is 0 Å². The fourth-order valence-electron chi connectivity index (χ4n) is 1.70.